The highest BCUT2D eigenvalue weighted by atomic mass is 15.0. The Balaban J connectivity index is 3.33. The lowest BCUT2D eigenvalue weighted by atomic mass is 10.3. The summed E-state index contributed by atoms with van der Waals surface area (Å²) in [6, 6.07) is 0. The lowest BCUT2D eigenvalue weighted by Crippen LogP contribution is -2.10. The fraction of sp³-hybridized carbons (Fsp3) is 0.636. The first kappa shape index (κ1) is 12.4. The van der Waals surface area contributed by atoms with E-state index in [1.54, 1.807) is 0 Å². The molecule has 2 heteroatoms. The fourth-order valence-electron chi connectivity index (χ4n) is 0.842. The zero-order valence-electron chi connectivity index (χ0n) is 9.33. The molecular formula is C11H22N2. The van der Waals surface area contributed by atoms with Crippen molar-refractivity contribution < 1.29 is 0 Å². The Morgan fingerprint density at radius 2 is 1.08 bits per heavy atom. The van der Waals surface area contributed by atoms with Crippen molar-refractivity contribution in [2.45, 2.75) is 6.42 Å². The Morgan fingerprint density at radius 3 is 1.38 bits per heavy atom. The topological polar surface area (TPSA) is 6.48 Å². The molecule has 0 atom stereocenters. The summed E-state index contributed by atoms with van der Waals surface area (Å²) in [7, 11) is 8.30. The largest absolute Gasteiger partial charge is 0.306 e. The molecule has 0 rings (SSSR count). The Morgan fingerprint density at radius 1 is 0.692 bits per heavy atom. The molecule has 0 aliphatic carbocycles. The molecule has 0 aromatic carbocycles. The third-order valence-electron chi connectivity index (χ3n) is 1.55. The van der Waals surface area contributed by atoms with E-state index in [0.29, 0.717) is 0 Å². The molecule has 0 saturated carbocycles. The number of hydrogen-bond acceptors (Lipinski definition) is 2. The summed E-state index contributed by atoms with van der Waals surface area (Å²) < 4.78 is 0. The van der Waals surface area contributed by atoms with Crippen LogP contribution in [0.3, 0.4) is 0 Å². The maximum absolute atomic E-state index is 2.20. The average molecular weight is 182 g/mol. The Labute approximate surface area is 82.5 Å². The monoisotopic (exact) mass is 182 g/mol. The summed E-state index contributed by atoms with van der Waals surface area (Å²) in [5, 5.41) is 0. The summed E-state index contributed by atoms with van der Waals surface area (Å²) in [4.78, 5) is 4.31. The van der Waals surface area contributed by atoms with Crippen molar-refractivity contribution in [1.29, 1.82) is 0 Å². The van der Waals surface area contributed by atoms with Gasteiger partial charge in [-0.3, -0.25) is 0 Å². The minimum Gasteiger partial charge on any atom is -0.306 e. The number of rotatable bonds is 6. The van der Waals surface area contributed by atoms with Gasteiger partial charge in [0.05, 0.1) is 0 Å². The van der Waals surface area contributed by atoms with E-state index in [1.807, 2.05) is 0 Å². The van der Waals surface area contributed by atoms with Gasteiger partial charge in [0.15, 0.2) is 0 Å². The molecular weight excluding hydrogens is 160 g/mol. The molecule has 0 aromatic rings. The highest BCUT2D eigenvalue weighted by molar-refractivity contribution is 4.94. The van der Waals surface area contributed by atoms with Gasteiger partial charge in [0.1, 0.15) is 0 Å². The molecule has 0 fully saturated rings. The molecule has 0 heterocycles. The van der Waals surface area contributed by atoms with Gasteiger partial charge in [-0.25, -0.2) is 0 Å². The molecule has 0 aliphatic heterocycles. The van der Waals surface area contributed by atoms with Gasteiger partial charge in [-0.2, -0.15) is 0 Å². The van der Waals surface area contributed by atoms with Gasteiger partial charge in [-0.1, -0.05) is 24.3 Å². The van der Waals surface area contributed by atoms with Gasteiger partial charge in [0.25, 0.3) is 0 Å². The quantitative estimate of drug-likeness (QED) is 0.576. The second-order valence-electron chi connectivity index (χ2n) is 3.70. The predicted octanol–water partition coefficient (Wildman–Crippen LogP) is 1.61. The smallest absolute Gasteiger partial charge is 0.0157 e. The minimum absolute atomic E-state index is 1.03. The van der Waals surface area contributed by atoms with Gasteiger partial charge >= 0.3 is 0 Å². The molecule has 0 bridgehead atoms. The first-order valence-corrected chi connectivity index (χ1v) is 4.72. The Kier molecular flexibility index (Phi) is 7.65. The van der Waals surface area contributed by atoms with Crippen LogP contribution in [0, 0.1) is 0 Å². The van der Waals surface area contributed by atoms with Crippen molar-refractivity contribution in [2.75, 3.05) is 41.3 Å². The van der Waals surface area contributed by atoms with E-state index in [2.05, 4.69) is 62.3 Å². The SMILES string of the molecule is CN(C)C/C=C/C/C=C/CN(C)C. The number of likely N-dealkylation sites (N-methyl/N-ethyl adjacent to an activating group) is 2. The molecule has 0 saturated heterocycles. The van der Waals surface area contributed by atoms with Crippen LogP contribution >= 0.6 is 0 Å². The summed E-state index contributed by atoms with van der Waals surface area (Å²) >= 11 is 0. The van der Waals surface area contributed by atoms with Crippen LogP contribution in [0.4, 0.5) is 0 Å². The van der Waals surface area contributed by atoms with E-state index >= 15 is 0 Å². The van der Waals surface area contributed by atoms with Crippen molar-refractivity contribution >= 4 is 0 Å². The van der Waals surface area contributed by atoms with Crippen molar-refractivity contribution in [3.8, 4) is 0 Å². The van der Waals surface area contributed by atoms with Crippen LogP contribution in [-0.2, 0) is 0 Å². The highest BCUT2D eigenvalue weighted by Gasteiger charge is 1.81. The third kappa shape index (κ3) is 11.4. The first-order chi connectivity index (χ1) is 6.13. The molecule has 13 heavy (non-hydrogen) atoms. The summed E-state index contributed by atoms with van der Waals surface area (Å²) in [5.74, 6) is 0. The zero-order chi connectivity index (χ0) is 10.1. The maximum Gasteiger partial charge on any atom is 0.0157 e. The van der Waals surface area contributed by atoms with Crippen molar-refractivity contribution in [1.82, 2.24) is 9.80 Å². The number of nitrogens with zero attached hydrogens (tertiary/aromatic N) is 2. The fourth-order valence-corrected chi connectivity index (χ4v) is 0.842. The molecule has 0 spiro atoms. The van der Waals surface area contributed by atoms with Gasteiger partial charge in [0, 0.05) is 13.1 Å². The Hall–Kier alpha value is -0.600. The molecule has 0 unspecified atom stereocenters. The lowest BCUT2D eigenvalue weighted by molar-refractivity contribution is 0.455. The molecule has 0 amide bonds. The van der Waals surface area contributed by atoms with Gasteiger partial charge in [0.2, 0.25) is 0 Å². The van der Waals surface area contributed by atoms with Crippen LogP contribution in [0.15, 0.2) is 24.3 Å². The third-order valence-corrected chi connectivity index (χ3v) is 1.55. The number of hydrogen-bond donors (Lipinski definition) is 0. The minimum atomic E-state index is 1.03. The van der Waals surface area contributed by atoms with Crippen LogP contribution in [0.5, 0.6) is 0 Å². The van der Waals surface area contributed by atoms with E-state index in [4.69, 9.17) is 0 Å². The van der Waals surface area contributed by atoms with E-state index < -0.39 is 0 Å². The van der Waals surface area contributed by atoms with Crippen LogP contribution in [0.25, 0.3) is 0 Å². The molecule has 2 nitrogen and oxygen atoms in total. The first-order valence-electron chi connectivity index (χ1n) is 4.72. The zero-order valence-corrected chi connectivity index (χ0v) is 9.33. The average Bonchev–Trinajstić information content (AvgIpc) is 2.01. The predicted molar refractivity (Wildman–Crippen MR) is 60.0 cm³/mol. The van der Waals surface area contributed by atoms with E-state index in [1.165, 1.54) is 0 Å². The highest BCUT2D eigenvalue weighted by Crippen LogP contribution is 1.87. The molecule has 0 aromatic heterocycles. The second kappa shape index (κ2) is 8.02. The summed E-state index contributed by atoms with van der Waals surface area (Å²) in [6.07, 6.45) is 9.83. The normalized spacial score (nSPS) is 12.8. The molecule has 0 radical (unpaired) electrons. The standard InChI is InChI=1S/C11H22N2/c1-12(2)10-8-6-5-7-9-11-13(3)4/h6-9H,5,10-11H2,1-4H3/b8-6+,9-7+. The van der Waals surface area contributed by atoms with Crippen molar-refractivity contribution in [3.05, 3.63) is 24.3 Å². The van der Waals surface area contributed by atoms with Gasteiger partial charge in [-0.15, -0.1) is 0 Å². The van der Waals surface area contributed by atoms with E-state index in [0.717, 1.165) is 19.5 Å². The molecule has 0 aliphatic rings. The van der Waals surface area contributed by atoms with E-state index in [9.17, 15) is 0 Å². The van der Waals surface area contributed by atoms with Crippen LogP contribution in [0.2, 0.25) is 0 Å². The van der Waals surface area contributed by atoms with Crippen LogP contribution in [-0.4, -0.2) is 51.1 Å². The second-order valence-corrected chi connectivity index (χ2v) is 3.70. The lowest BCUT2D eigenvalue weighted by Gasteiger charge is -2.03. The summed E-state index contributed by atoms with van der Waals surface area (Å²) in [5.41, 5.74) is 0. The Bertz CT molecular complexity index is 139. The van der Waals surface area contributed by atoms with Crippen LogP contribution in [0.1, 0.15) is 6.42 Å². The number of allylic oxidation sites excluding steroid dienone is 2. The van der Waals surface area contributed by atoms with Gasteiger partial charge < -0.3 is 9.80 Å². The van der Waals surface area contributed by atoms with Crippen LogP contribution < -0.4 is 0 Å². The summed E-state index contributed by atoms with van der Waals surface area (Å²) in [6.45, 7) is 2.06. The van der Waals surface area contributed by atoms with E-state index in [-0.39, 0.29) is 0 Å². The van der Waals surface area contributed by atoms with Crippen molar-refractivity contribution in [2.24, 2.45) is 0 Å². The maximum atomic E-state index is 2.20. The van der Waals surface area contributed by atoms with Gasteiger partial charge in [-0.05, 0) is 34.6 Å². The molecule has 76 valence electrons. The molecule has 0 N–H and O–H groups in total. The van der Waals surface area contributed by atoms with Crippen molar-refractivity contribution in [3.63, 3.8) is 0 Å².